The molecule has 4 rings (SSSR count). The van der Waals surface area contributed by atoms with Gasteiger partial charge < -0.3 is 4.74 Å². The van der Waals surface area contributed by atoms with Crippen molar-refractivity contribution in [2.24, 2.45) is 0 Å². The molecule has 0 spiro atoms. The quantitative estimate of drug-likeness (QED) is 0.525. The smallest absolute Gasteiger partial charge is 0.267 e. The molecule has 2 aromatic heterocycles. The Labute approximate surface area is 118 Å². The average Bonchev–Trinajstić information content (AvgIpc) is 2.80. The van der Waals surface area contributed by atoms with Gasteiger partial charge in [0.15, 0.2) is 5.82 Å². The first-order chi connectivity index (χ1) is 10.2. The van der Waals surface area contributed by atoms with Crippen LogP contribution in [0, 0.1) is 0 Å². The molecule has 102 valence electrons. The molecule has 0 N–H and O–H groups in total. The Morgan fingerprint density at radius 1 is 1.19 bits per heavy atom. The maximum atomic E-state index is 12.6. The number of ether oxygens (including phenoxy) is 1. The highest BCUT2D eigenvalue weighted by atomic mass is 16.5. The maximum absolute atomic E-state index is 12.6. The van der Waals surface area contributed by atoms with Crippen molar-refractivity contribution in [2.45, 2.75) is 0 Å². The summed E-state index contributed by atoms with van der Waals surface area (Å²) in [5.74, 6) is 0.413. The van der Waals surface area contributed by atoms with Gasteiger partial charge in [0.25, 0.3) is 5.56 Å². The van der Waals surface area contributed by atoms with Gasteiger partial charge in [-0.15, -0.1) is 0 Å². The zero-order chi connectivity index (χ0) is 14.6. The Hall–Kier alpha value is -3.02. The van der Waals surface area contributed by atoms with E-state index in [1.807, 2.05) is 0 Å². The second kappa shape index (κ2) is 3.99. The molecular formula is C15H9N3O3. The molecular weight excluding hydrogens is 270 g/mol. The van der Waals surface area contributed by atoms with Crippen molar-refractivity contribution in [1.29, 1.82) is 0 Å². The van der Waals surface area contributed by atoms with E-state index >= 15 is 0 Å². The number of fused-ring (bicyclic) bond motifs is 4. The summed E-state index contributed by atoms with van der Waals surface area (Å²) in [5, 5.41) is 0.387. The number of carbonyl (C=O) groups is 1. The lowest BCUT2D eigenvalue weighted by atomic mass is 10.1. The van der Waals surface area contributed by atoms with Gasteiger partial charge in [-0.05, 0) is 24.3 Å². The molecule has 21 heavy (non-hydrogen) atoms. The van der Waals surface area contributed by atoms with Crippen molar-refractivity contribution in [2.75, 3.05) is 7.11 Å². The van der Waals surface area contributed by atoms with Crippen molar-refractivity contribution in [3.8, 4) is 11.4 Å². The van der Waals surface area contributed by atoms with Crippen LogP contribution >= 0.6 is 0 Å². The predicted octanol–water partition coefficient (Wildman–Crippen LogP) is 1.33. The third kappa shape index (κ3) is 1.47. The Bertz CT molecular complexity index is 976. The summed E-state index contributed by atoms with van der Waals surface area (Å²) >= 11 is 0. The van der Waals surface area contributed by atoms with Gasteiger partial charge in [0.2, 0.25) is 5.78 Å². The van der Waals surface area contributed by atoms with Crippen molar-refractivity contribution >= 4 is 16.7 Å². The van der Waals surface area contributed by atoms with Crippen molar-refractivity contribution < 1.29 is 9.53 Å². The lowest BCUT2D eigenvalue weighted by Crippen LogP contribution is -2.21. The molecule has 3 heterocycles. The van der Waals surface area contributed by atoms with Crippen molar-refractivity contribution in [1.82, 2.24) is 14.5 Å². The highest BCUT2D eigenvalue weighted by Gasteiger charge is 2.30. The van der Waals surface area contributed by atoms with E-state index in [4.69, 9.17) is 4.74 Å². The molecule has 0 fully saturated rings. The van der Waals surface area contributed by atoms with Crippen LogP contribution in [0.4, 0.5) is 0 Å². The molecule has 1 aromatic carbocycles. The lowest BCUT2D eigenvalue weighted by molar-refractivity contribution is 0.103. The second-order valence-corrected chi connectivity index (χ2v) is 4.68. The first kappa shape index (κ1) is 11.8. The van der Waals surface area contributed by atoms with Gasteiger partial charge in [0, 0.05) is 12.4 Å². The molecule has 0 unspecified atom stereocenters. The fraction of sp³-hybridized carbons (Fsp3) is 0.0667. The minimum absolute atomic E-state index is 0.127. The van der Waals surface area contributed by atoms with E-state index < -0.39 is 0 Å². The number of carbonyl (C=O) groups excluding carboxylic acids is 1. The first-order valence-corrected chi connectivity index (χ1v) is 6.30. The molecule has 0 bridgehead atoms. The van der Waals surface area contributed by atoms with E-state index in [9.17, 15) is 9.59 Å². The molecule has 6 nitrogen and oxygen atoms in total. The number of pyridine rings is 1. The van der Waals surface area contributed by atoms with Crippen LogP contribution in [0.5, 0.6) is 5.75 Å². The molecule has 1 aliphatic rings. The third-order valence-corrected chi connectivity index (χ3v) is 3.56. The van der Waals surface area contributed by atoms with Gasteiger partial charge >= 0.3 is 0 Å². The molecule has 0 saturated carbocycles. The van der Waals surface area contributed by atoms with E-state index in [0.717, 1.165) is 0 Å². The van der Waals surface area contributed by atoms with Crippen molar-refractivity contribution in [3.05, 3.63) is 58.4 Å². The summed E-state index contributed by atoms with van der Waals surface area (Å²) < 4.78 is 6.46. The van der Waals surface area contributed by atoms with Gasteiger partial charge in [-0.2, -0.15) is 0 Å². The summed E-state index contributed by atoms with van der Waals surface area (Å²) in [6.07, 6.45) is 3.01. The first-order valence-electron chi connectivity index (χ1n) is 6.30. The highest BCUT2D eigenvalue weighted by Crippen LogP contribution is 2.29. The monoisotopic (exact) mass is 279 g/mol. The predicted molar refractivity (Wildman–Crippen MR) is 75.1 cm³/mol. The molecule has 0 saturated heterocycles. The molecule has 0 amide bonds. The minimum atomic E-state index is -0.291. The lowest BCUT2D eigenvalue weighted by Gasteiger charge is -2.05. The number of nitrogens with zero attached hydrogens (tertiary/aromatic N) is 3. The Morgan fingerprint density at radius 3 is 2.86 bits per heavy atom. The van der Waals surface area contributed by atoms with E-state index in [1.54, 1.807) is 30.5 Å². The minimum Gasteiger partial charge on any atom is -0.497 e. The molecule has 0 aliphatic carbocycles. The van der Waals surface area contributed by atoms with Crippen LogP contribution in [0.15, 0.2) is 41.5 Å². The summed E-state index contributed by atoms with van der Waals surface area (Å²) in [4.78, 5) is 33.3. The summed E-state index contributed by atoms with van der Waals surface area (Å²) in [6.45, 7) is 0. The SMILES string of the molecule is COc1ccc2c(c1)C(=O)c1nc3ccncc3c(=O)n1-2. The van der Waals surface area contributed by atoms with Gasteiger partial charge in [-0.1, -0.05) is 0 Å². The van der Waals surface area contributed by atoms with Gasteiger partial charge in [0.05, 0.1) is 29.3 Å². The van der Waals surface area contributed by atoms with Crippen LogP contribution in [0.25, 0.3) is 16.6 Å². The Balaban J connectivity index is 2.13. The molecule has 0 atom stereocenters. The van der Waals surface area contributed by atoms with E-state index in [-0.39, 0.29) is 17.2 Å². The zero-order valence-corrected chi connectivity index (χ0v) is 11.0. The molecule has 0 radical (unpaired) electrons. The summed E-state index contributed by atoms with van der Waals surface area (Å²) in [7, 11) is 1.53. The highest BCUT2D eigenvalue weighted by molar-refractivity contribution is 6.13. The Morgan fingerprint density at radius 2 is 2.05 bits per heavy atom. The molecule has 6 heteroatoms. The van der Waals surface area contributed by atoms with Crippen LogP contribution in [0.2, 0.25) is 0 Å². The van der Waals surface area contributed by atoms with Gasteiger partial charge in [0.1, 0.15) is 5.75 Å². The van der Waals surface area contributed by atoms with Crippen molar-refractivity contribution in [3.63, 3.8) is 0 Å². The van der Waals surface area contributed by atoms with Crippen LogP contribution in [-0.4, -0.2) is 27.4 Å². The number of methoxy groups -OCH3 is 1. The third-order valence-electron chi connectivity index (χ3n) is 3.56. The van der Waals surface area contributed by atoms with E-state index in [0.29, 0.717) is 27.9 Å². The fourth-order valence-corrected chi connectivity index (χ4v) is 2.55. The molecule has 3 aromatic rings. The summed E-state index contributed by atoms with van der Waals surface area (Å²) in [6, 6.07) is 6.64. The standard InChI is InChI=1S/C15H9N3O3/c1-21-8-2-3-12-9(6-8)13(19)14-17-11-4-5-16-7-10(11)15(20)18(12)14/h2-7H,1H3. The second-order valence-electron chi connectivity index (χ2n) is 4.68. The average molecular weight is 279 g/mol. The number of ketones is 1. The van der Waals surface area contributed by atoms with Gasteiger partial charge in [-0.25, -0.2) is 4.98 Å². The number of hydrogen-bond acceptors (Lipinski definition) is 5. The topological polar surface area (TPSA) is 74.1 Å². The zero-order valence-electron chi connectivity index (χ0n) is 11.0. The van der Waals surface area contributed by atoms with Gasteiger partial charge in [-0.3, -0.25) is 19.1 Å². The Kier molecular flexibility index (Phi) is 2.24. The van der Waals surface area contributed by atoms with E-state index in [2.05, 4.69) is 9.97 Å². The number of benzene rings is 1. The fourth-order valence-electron chi connectivity index (χ4n) is 2.55. The maximum Gasteiger partial charge on any atom is 0.267 e. The summed E-state index contributed by atoms with van der Waals surface area (Å²) in [5.41, 5.74) is 1.12. The van der Waals surface area contributed by atoms with Crippen LogP contribution in [0.3, 0.4) is 0 Å². The number of rotatable bonds is 1. The number of aromatic nitrogens is 3. The number of hydrogen-bond donors (Lipinski definition) is 0. The van der Waals surface area contributed by atoms with Crippen LogP contribution in [0.1, 0.15) is 16.2 Å². The van der Waals surface area contributed by atoms with E-state index in [1.165, 1.54) is 17.9 Å². The van der Waals surface area contributed by atoms with Crippen LogP contribution < -0.4 is 10.3 Å². The van der Waals surface area contributed by atoms with Crippen LogP contribution in [-0.2, 0) is 0 Å². The molecule has 1 aliphatic heterocycles. The normalized spacial score (nSPS) is 12.3. The largest absolute Gasteiger partial charge is 0.497 e.